The van der Waals surface area contributed by atoms with Crippen molar-refractivity contribution in [1.82, 2.24) is 0 Å². The fourth-order valence-electron chi connectivity index (χ4n) is 5.76. The predicted octanol–water partition coefficient (Wildman–Crippen LogP) is 4.70. The minimum atomic E-state index is -0.172. The molecule has 3 rings (SSSR count). The number of rotatable bonds is 1. The first-order chi connectivity index (χ1) is 11.4. The number of ether oxygens (including phenoxy) is 1. The number of esters is 1. The average molecular weight is 332 g/mol. The third-order valence-electron chi connectivity index (χ3n) is 7.18. The van der Waals surface area contributed by atoms with Gasteiger partial charge >= 0.3 is 5.97 Å². The van der Waals surface area contributed by atoms with Crippen LogP contribution in [0, 0.1) is 29.1 Å². The van der Waals surface area contributed by atoms with Crippen LogP contribution in [0.3, 0.4) is 0 Å². The molecule has 134 valence electrons. The van der Waals surface area contributed by atoms with Crippen LogP contribution in [0.2, 0.25) is 0 Å². The first-order valence-corrected chi connectivity index (χ1v) is 9.77. The van der Waals surface area contributed by atoms with E-state index in [1.807, 2.05) is 0 Å². The molecule has 0 saturated heterocycles. The van der Waals surface area contributed by atoms with Gasteiger partial charge in [0.05, 0.1) is 0 Å². The van der Waals surface area contributed by atoms with E-state index in [1.54, 1.807) is 0 Å². The van der Waals surface area contributed by atoms with Crippen molar-refractivity contribution < 1.29 is 14.3 Å². The van der Waals surface area contributed by atoms with Crippen LogP contribution in [0.15, 0.2) is 12.2 Å². The first kappa shape index (κ1) is 17.7. The molecule has 3 aliphatic carbocycles. The standard InChI is InChI=1S/C21H32O3/c1-14-8-9-16(24-15(2)22)6-4-5-7-18-17(14)12-13-21(3)19(18)10-11-20(21)23/h4-5,14,16-19H,6-13H2,1-3H3. The molecule has 6 unspecified atom stereocenters. The normalized spacial score (nSPS) is 43.0. The molecular formula is C21H32O3. The molecule has 3 heteroatoms. The van der Waals surface area contributed by atoms with Crippen LogP contribution in [0.25, 0.3) is 0 Å². The molecule has 0 aliphatic heterocycles. The molecule has 2 saturated carbocycles. The monoisotopic (exact) mass is 332 g/mol. The van der Waals surface area contributed by atoms with Crippen LogP contribution in [-0.4, -0.2) is 17.9 Å². The SMILES string of the molecule is CC(=O)OC1CC=CCC2C(CCC3(C)C(=O)CCC23)C(C)CC1. The van der Waals surface area contributed by atoms with E-state index in [9.17, 15) is 9.59 Å². The molecule has 0 radical (unpaired) electrons. The Morgan fingerprint density at radius 3 is 2.62 bits per heavy atom. The van der Waals surface area contributed by atoms with E-state index in [4.69, 9.17) is 4.74 Å². The lowest BCUT2D eigenvalue weighted by Crippen LogP contribution is -2.43. The number of fused-ring (bicyclic) bond motifs is 3. The second-order valence-electron chi connectivity index (χ2n) is 8.58. The van der Waals surface area contributed by atoms with Gasteiger partial charge in [-0.05, 0) is 62.2 Å². The summed E-state index contributed by atoms with van der Waals surface area (Å²) < 4.78 is 5.47. The molecule has 0 bridgehead atoms. The van der Waals surface area contributed by atoms with Gasteiger partial charge in [0.2, 0.25) is 0 Å². The Morgan fingerprint density at radius 2 is 1.88 bits per heavy atom. The quantitative estimate of drug-likeness (QED) is 0.516. The number of hydrogen-bond acceptors (Lipinski definition) is 3. The van der Waals surface area contributed by atoms with Crippen LogP contribution in [-0.2, 0) is 14.3 Å². The average Bonchev–Trinajstić information content (AvgIpc) is 2.83. The maximum atomic E-state index is 12.4. The maximum absolute atomic E-state index is 12.4. The van der Waals surface area contributed by atoms with Crippen LogP contribution in [0.1, 0.15) is 72.1 Å². The summed E-state index contributed by atoms with van der Waals surface area (Å²) in [6, 6.07) is 0. The van der Waals surface area contributed by atoms with Crippen molar-refractivity contribution in [3.8, 4) is 0 Å². The van der Waals surface area contributed by atoms with Gasteiger partial charge in [-0.2, -0.15) is 0 Å². The maximum Gasteiger partial charge on any atom is 0.302 e. The summed E-state index contributed by atoms with van der Waals surface area (Å²) in [6.45, 7) is 6.10. The first-order valence-electron chi connectivity index (χ1n) is 9.77. The molecule has 0 aromatic carbocycles. The van der Waals surface area contributed by atoms with Gasteiger partial charge in [-0.1, -0.05) is 26.0 Å². The highest BCUT2D eigenvalue weighted by molar-refractivity contribution is 5.87. The van der Waals surface area contributed by atoms with E-state index in [-0.39, 0.29) is 17.5 Å². The van der Waals surface area contributed by atoms with Crippen molar-refractivity contribution in [3.63, 3.8) is 0 Å². The number of hydrogen-bond donors (Lipinski definition) is 0. The summed E-state index contributed by atoms with van der Waals surface area (Å²) in [7, 11) is 0. The second kappa shape index (κ2) is 7.01. The summed E-state index contributed by atoms with van der Waals surface area (Å²) in [5.41, 5.74) is -0.0564. The van der Waals surface area contributed by atoms with Gasteiger partial charge in [0.1, 0.15) is 11.9 Å². The molecule has 0 N–H and O–H groups in total. The number of ketones is 1. The van der Waals surface area contributed by atoms with Gasteiger partial charge in [0, 0.05) is 25.2 Å². The lowest BCUT2D eigenvalue weighted by Gasteiger charge is -2.47. The van der Waals surface area contributed by atoms with Gasteiger partial charge < -0.3 is 4.74 Å². The molecule has 2 fully saturated rings. The summed E-state index contributed by atoms with van der Waals surface area (Å²) in [5.74, 6) is 2.89. The van der Waals surface area contributed by atoms with Crippen LogP contribution >= 0.6 is 0 Å². The third-order valence-corrected chi connectivity index (χ3v) is 7.18. The Hall–Kier alpha value is -1.12. The van der Waals surface area contributed by atoms with E-state index in [2.05, 4.69) is 26.0 Å². The summed E-state index contributed by atoms with van der Waals surface area (Å²) in [4.78, 5) is 23.7. The fraction of sp³-hybridized carbons (Fsp3) is 0.810. The van der Waals surface area contributed by atoms with Crippen molar-refractivity contribution in [2.45, 2.75) is 78.2 Å². The summed E-state index contributed by atoms with van der Waals surface area (Å²) in [6.07, 6.45) is 12.6. The summed E-state index contributed by atoms with van der Waals surface area (Å²) >= 11 is 0. The zero-order valence-electron chi connectivity index (χ0n) is 15.4. The Morgan fingerprint density at radius 1 is 1.12 bits per heavy atom. The Kier molecular flexibility index (Phi) is 5.17. The lowest BCUT2D eigenvalue weighted by atomic mass is 9.56. The molecule has 3 aliphatic rings. The van der Waals surface area contributed by atoms with Crippen molar-refractivity contribution in [2.24, 2.45) is 29.1 Å². The molecule has 3 nitrogen and oxygen atoms in total. The zero-order valence-corrected chi connectivity index (χ0v) is 15.4. The minimum Gasteiger partial charge on any atom is -0.462 e. The number of Topliss-reactive ketones (excluding diaryl/α,β-unsaturated/α-hetero) is 1. The van der Waals surface area contributed by atoms with Gasteiger partial charge in [-0.25, -0.2) is 0 Å². The van der Waals surface area contributed by atoms with Crippen molar-refractivity contribution in [1.29, 1.82) is 0 Å². The van der Waals surface area contributed by atoms with E-state index < -0.39 is 0 Å². The third kappa shape index (κ3) is 3.32. The molecule has 0 aromatic rings. The predicted molar refractivity (Wildman–Crippen MR) is 94.4 cm³/mol. The van der Waals surface area contributed by atoms with E-state index in [0.29, 0.717) is 29.5 Å². The number of carbonyl (C=O) groups excluding carboxylic acids is 2. The van der Waals surface area contributed by atoms with Crippen LogP contribution in [0.4, 0.5) is 0 Å². The highest BCUT2D eigenvalue weighted by atomic mass is 16.5. The van der Waals surface area contributed by atoms with E-state index in [0.717, 1.165) is 44.9 Å². The molecule has 6 atom stereocenters. The van der Waals surface area contributed by atoms with Gasteiger partial charge in [0.15, 0.2) is 0 Å². The number of carbonyl (C=O) groups is 2. The van der Waals surface area contributed by atoms with Gasteiger partial charge in [-0.3, -0.25) is 9.59 Å². The van der Waals surface area contributed by atoms with Crippen LogP contribution in [0.5, 0.6) is 0 Å². The highest BCUT2D eigenvalue weighted by Crippen LogP contribution is 2.57. The molecule has 0 amide bonds. The van der Waals surface area contributed by atoms with Crippen molar-refractivity contribution >= 4 is 11.8 Å². The van der Waals surface area contributed by atoms with E-state index >= 15 is 0 Å². The Balaban J connectivity index is 1.78. The molecule has 24 heavy (non-hydrogen) atoms. The molecule has 0 heterocycles. The second-order valence-corrected chi connectivity index (χ2v) is 8.58. The molecular weight excluding hydrogens is 300 g/mol. The Labute approximate surface area is 146 Å². The largest absolute Gasteiger partial charge is 0.462 e. The van der Waals surface area contributed by atoms with E-state index in [1.165, 1.54) is 13.3 Å². The van der Waals surface area contributed by atoms with Crippen LogP contribution < -0.4 is 0 Å². The Bertz CT molecular complexity index is 523. The van der Waals surface area contributed by atoms with Gasteiger partial charge in [-0.15, -0.1) is 0 Å². The zero-order chi connectivity index (χ0) is 17.3. The van der Waals surface area contributed by atoms with Gasteiger partial charge in [0.25, 0.3) is 0 Å². The van der Waals surface area contributed by atoms with Crippen molar-refractivity contribution in [3.05, 3.63) is 12.2 Å². The number of allylic oxidation sites excluding steroid dienone is 1. The highest BCUT2D eigenvalue weighted by Gasteiger charge is 2.53. The lowest BCUT2D eigenvalue weighted by molar-refractivity contribution is -0.146. The topological polar surface area (TPSA) is 43.4 Å². The van der Waals surface area contributed by atoms with Crippen molar-refractivity contribution in [2.75, 3.05) is 0 Å². The fourth-order valence-corrected chi connectivity index (χ4v) is 5.76. The summed E-state index contributed by atoms with van der Waals surface area (Å²) in [5, 5.41) is 0. The smallest absolute Gasteiger partial charge is 0.302 e. The molecule has 0 aromatic heterocycles. The molecule has 0 spiro atoms. The minimum absolute atomic E-state index is 0.0275.